The van der Waals surface area contributed by atoms with Crippen LogP contribution in [0.25, 0.3) is 0 Å². The summed E-state index contributed by atoms with van der Waals surface area (Å²) in [6.45, 7) is 22.6. The van der Waals surface area contributed by atoms with Gasteiger partial charge < -0.3 is 10.2 Å². The van der Waals surface area contributed by atoms with E-state index in [4.69, 9.17) is 10.2 Å². The lowest BCUT2D eigenvalue weighted by molar-refractivity contribution is -0.141. The van der Waals surface area contributed by atoms with E-state index >= 15 is 0 Å². The molecule has 1 unspecified atom stereocenters. The standard InChI is InChI=1S/C15H16.C8H16O2.C6H10O3.4C2H6/c1-3-8-14(9-4-1)12-7-13-15-10-5-2-6-11-15;1-3-4-5-6-7(2)8(9)10;1-6(2,4-8)5(9)3-7;4*1-2/h1-6,8-11H,7,12-13H2;7H,3-6H2,1-2H3,(H,9,10);3,8H,4H2,1-2H3;4*1-2H3. The number of aliphatic hydroxyl groups excluding tert-OH is 1. The first kappa shape index (κ1) is 48.9. The van der Waals surface area contributed by atoms with Gasteiger partial charge in [-0.1, -0.05) is 163 Å². The Morgan fingerprint density at radius 2 is 1.12 bits per heavy atom. The van der Waals surface area contributed by atoms with E-state index in [0.717, 1.165) is 25.7 Å². The number of carboxylic acids is 1. The number of aldehydes is 1. The lowest BCUT2D eigenvalue weighted by Gasteiger charge is -2.14. The first-order valence-electron chi connectivity index (χ1n) is 16.1. The molecule has 0 aromatic heterocycles. The number of hydrogen-bond donors (Lipinski definition) is 2. The molecule has 0 fully saturated rings. The molecular weight excluding hydrogens is 524 g/mol. The minimum absolute atomic E-state index is 0.161. The number of carbonyl (C=O) groups excluding carboxylic acids is 2. The number of unbranched alkanes of at least 4 members (excludes halogenated alkanes) is 2. The lowest BCUT2D eigenvalue weighted by atomic mass is 9.90. The third-order valence-electron chi connectivity index (χ3n) is 5.45. The maximum absolute atomic E-state index is 10.5. The van der Waals surface area contributed by atoms with Crippen molar-refractivity contribution in [3.63, 3.8) is 0 Å². The van der Waals surface area contributed by atoms with Crippen molar-refractivity contribution in [2.24, 2.45) is 11.3 Å². The maximum Gasteiger partial charge on any atom is 0.306 e. The van der Waals surface area contributed by atoms with Crippen LogP contribution in [0.15, 0.2) is 60.7 Å². The van der Waals surface area contributed by atoms with Gasteiger partial charge in [0.1, 0.15) is 0 Å². The minimum atomic E-state index is -0.901. The Kier molecular flexibility index (Phi) is 44.5. The van der Waals surface area contributed by atoms with Gasteiger partial charge in [-0.3, -0.25) is 14.4 Å². The van der Waals surface area contributed by atoms with Gasteiger partial charge in [-0.2, -0.15) is 0 Å². The van der Waals surface area contributed by atoms with Gasteiger partial charge in [0.15, 0.2) is 6.29 Å². The maximum atomic E-state index is 10.5. The van der Waals surface area contributed by atoms with Gasteiger partial charge >= 0.3 is 5.97 Å². The van der Waals surface area contributed by atoms with Crippen LogP contribution in [0.5, 0.6) is 0 Å². The van der Waals surface area contributed by atoms with Crippen LogP contribution in [0.2, 0.25) is 0 Å². The Bertz CT molecular complexity index is 762. The second kappa shape index (κ2) is 38.2. The van der Waals surface area contributed by atoms with Gasteiger partial charge in [0, 0.05) is 0 Å². The van der Waals surface area contributed by atoms with E-state index in [1.54, 1.807) is 6.92 Å². The van der Waals surface area contributed by atoms with Crippen molar-refractivity contribution in [3.05, 3.63) is 71.8 Å². The van der Waals surface area contributed by atoms with Gasteiger partial charge in [0.05, 0.1) is 17.9 Å². The predicted molar refractivity (Wildman–Crippen MR) is 183 cm³/mol. The highest BCUT2D eigenvalue weighted by Gasteiger charge is 2.25. The van der Waals surface area contributed by atoms with Crippen molar-refractivity contribution in [1.29, 1.82) is 0 Å². The normalized spacial score (nSPS) is 9.64. The van der Waals surface area contributed by atoms with Crippen LogP contribution in [-0.2, 0) is 27.2 Å². The number of aryl methyl sites for hydroxylation is 2. The Morgan fingerprint density at radius 1 is 0.738 bits per heavy atom. The summed E-state index contributed by atoms with van der Waals surface area (Å²) in [7, 11) is 0. The molecule has 0 saturated carbocycles. The van der Waals surface area contributed by atoms with Crippen LogP contribution < -0.4 is 0 Å². The summed E-state index contributed by atoms with van der Waals surface area (Å²) in [5, 5.41) is 17.0. The van der Waals surface area contributed by atoms with Crippen molar-refractivity contribution < 1.29 is 24.6 Å². The van der Waals surface area contributed by atoms with Crippen LogP contribution in [0.4, 0.5) is 0 Å². The van der Waals surface area contributed by atoms with E-state index in [1.165, 1.54) is 44.2 Å². The highest BCUT2D eigenvalue weighted by Crippen LogP contribution is 2.13. The van der Waals surface area contributed by atoms with Crippen LogP contribution in [0, 0.1) is 11.3 Å². The van der Waals surface area contributed by atoms with Crippen LogP contribution in [0.1, 0.15) is 126 Å². The molecule has 0 saturated heterocycles. The molecule has 0 radical (unpaired) electrons. The minimum Gasteiger partial charge on any atom is -0.481 e. The number of benzene rings is 2. The average Bonchev–Trinajstić information content (AvgIpc) is 3.06. The molecule has 42 heavy (non-hydrogen) atoms. The Balaban J connectivity index is -0.000000150. The fourth-order valence-corrected chi connectivity index (χ4v) is 2.85. The number of carbonyl (C=O) groups is 3. The first-order chi connectivity index (χ1) is 20.2. The molecule has 0 bridgehead atoms. The third kappa shape index (κ3) is 31.7. The van der Waals surface area contributed by atoms with Crippen molar-refractivity contribution in [3.8, 4) is 0 Å². The van der Waals surface area contributed by atoms with Gasteiger partial charge in [0.2, 0.25) is 5.78 Å². The molecule has 0 aliphatic heterocycles. The molecule has 2 N–H and O–H groups in total. The second-order valence-electron chi connectivity index (χ2n) is 9.08. The molecule has 1 atom stereocenters. The predicted octanol–water partition coefficient (Wildman–Crippen LogP) is 10.0. The molecule has 0 aliphatic rings. The van der Waals surface area contributed by atoms with Crippen molar-refractivity contribution >= 4 is 18.0 Å². The van der Waals surface area contributed by atoms with E-state index in [-0.39, 0.29) is 18.8 Å². The highest BCUT2D eigenvalue weighted by atomic mass is 16.4. The second-order valence-corrected chi connectivity index (χ2v) is 9.08. The van der Waals surface area contributed by atoms with E-state index < -0.39 is 17.2 Å². The monoisotopic (exact) mass is 590 g/mol. The Hall–Kier alpha value is -2.79. The molecule has 0 amide bonds. The van der Waals surface area contributed by atoms with Crippen LogP contribution in [0.3, 0.4) is 0 Å². The van der Waals surface area contributed by atoms with E-state index in [1.807, 2.05) is 55.4 Å². The number of rotatable bonds is 12. The quantitative estimate of drug-likeness (QED) is 0.146. The van der Waals surface area contributed by atoms with Crippen LogP contribution in [-0.4, -0.2) is 34.9 Å². The van der Waals surface area contributed by atoms with E-state index in [0.29, 0.717) is 0 Å². The topological polar surface area (TPSA) is 91.7 Å². The van der Waals surface area contributed by atoms with Gasteiger partial charge in [-0.05, 0) is 36.8 Å². The molecule has 2 aromatic carbocycles. The Morgan fingerprint density at radius 3 is 1.38 bits per heavy atom. The summed E-state index contributed by atoms with van der Waals surface area (Å²) in [6, 6.07) is 21.4. The molecule has 5 heteroatoms. The number of Topliss-reactive ketones (excluding diaryl/α,β-unsaturated/α-hetero) is 1. The highest BCUT2D eigenvalue weighted by molar-refractivity contribution is 6.27. The van der Waals surface area contributed by atoms with Gasteiger partial charge in [-0.15, -0.1) is 0 Å². The Labute approximate surface area is 260 Å². The van der Waals surface area contributed by atoms with E-state index in [9.17, 15) is 14.4 Å². The summed E-state index contributed by atoms with van der Waals surface area (Å²) in [5.74, 6) is -1.40. The molecule has 5 nitrogen and oxygen atoms in total. The summed E-state index contributed by atoms with van der Waals surface area (Å²) in [5.41, 5.74) is 1.98. The molecule has 244 valence electrons. The van der Waals surface area contributed by atoms with Gasteiger partial charge in [-0.25, -0.2) is 0 Å². The molecular formula is C37H66O5. The zero-order chi connectivity index (χ0) is 33.8. The number of hydrogen-bond acceptors (Lipinski definition) is 4. The third-order valence-corrected chi connectivity index (χ3v) is 5.45. The molecule has 0 heterocycles. The van der Waals surface area contributed by atoms with Crippen molar-refractivity contribution in [1.82, 2.24) is 0 Å². The lowest BCUT2D eigenvalue weighted by Crippen LogP contribution is -2.28. The average molecular weight is 591 g/mol. The molecule has 0 aliphatic carbocycles. The molecule has 0 spiro atoms. The van der Waals surface area contributed by atoms with E-state index in [2.05, 4.69) is 67.6 Å². The fourth-order valence-electron chi connectivity index (χ4n) is 2.85. The molecule has 2 rings (SSSR count). The number of aliphatic carboxylic acids is 1. The molecule has 2 aromatic rings. The largest absolute Gasteiger partial charge is 0.481 e. The van der Waals surface area contributed by atoms with Crippen LogP contribution >= 0.6 is 0 Å². The van der Waals surface area contributed by atoms with Crippen molar-refractivity contribution in [2.45, 2.75) is 128 Å². The number of carboxylic acid groups (broad SMARTS) is 1. The van der Waals surface area contributed by atoms with Crippen molar-refractivity contribution in [2.75, 3.05) is 6.61 Å². The zero-order valence-corrected chi connectivity index (χ0v) is 29.2. The summed E-state index contributed by atoms with van der Waals surface area (Å²) in [6.07, 6.45) is 7.99. The fraction of sp³-hybridized carbons (Fsp3) is 0.595. The summed E-state index contributed by atoms with van der Waals surface area (Å²) in [4.78, 5) is 30.7. The SMILES string of the molecule is CC.CC.CC.CC.CC(C)(CO)C(=O)C=O.CCCCCC(C)C(=O)O.c1ccc(CCCc2ccccc2)cc1. The smallest absolute Gasteiger partial charge is 0.306 e. The first-order valence-corrected chi connectivity index (χ1v) is 16.1. The number of ketones is 1. The zero-order valence-electron chi connectivity index (χ0n) is 29.2. The number of aliphatic hydroxyl groups is 1. The summed E-state index contributed by atoms with van der Waals surface area (Å²) >= 11 is 0. The summed E-state index contributed by atoms with van der Waals surface area (Å²) < 4.78 is 0. The van der Waals surface area contributed by atoms with Gasteiger partial charge in [0.25, 0.3) is 0 Å².